The zero-order valence-corrected chi connectivity index (χ0v) is 18.1. The number of H-pyrrole nitrogens is 1. The molecule has 0 atom stereocenters. The Bertz CT molecular complexity index is 1080. The van der Waals surface area contributed by atoms with Gasteiger partial charge in [-0.2, -0.15) is 0 Å². The molecule has 1 saturated heterocycles. The minimum Gasteiger partial charge on any atom is -0.370 e. The fourth-order valence-corrected chi connectivity index (χ4v) is 5.78. The monoisotopic (exact) mass is 425 g/mol. The minimum atomic E-state index is -0.0973. The van der Waals surface area contributed by atoms with Gasteiger partial charge in [-0.15, -0.1) is 16.4 Å². The average molecular weight is 426 g/mol. The van der Waals surface area contributed by atoms with Crippen LogP contribution in [-0.2, 0) is 36.3 Å². The lowest BCUT2D eigenvalue weighted by Gasteiger charge is -2.44. The molecule has 0 saturated carbocycles. The first-order valence-electron chi connectivity index (χ1n) is 10.7. The van der Waals surface area contributed by atoms with Crippen molar-refractivity contribution in [3.63, 3.8) is 0 Å². The van der Waals surface area contributed by atoms with E-state index >= 15 is 0 Å². The molecule has 1 spiro atoms. The highest BCUT2D eigenvalue weighted by molar-refractivity contribution is 7.12. The molecule has 0 unspecified atom stereocenters. The van der Waals surface area contributed by atoms with Gasteiger partial charge in [-0.1, -0.05) is 18.2 Å². The lowest BCUT2D eigenvalue weighted by molar-refractivity contribution is -0.0982. The van der Waals surface area contributed by atoms with Gasteiger partial charge in [0.05, 0.1) is 30.6 Å². The molecule has 1 fully saturated rings. The van der Waals surface area contributed by atoms with Crippen molar-refractivity contribution in [2.75, 3.05) is 19.7 Å². The van der Waals surface area contributed by atoms with E-state index in [-0.39, 0.29) is 11.2 Å². The quantitative estimate of drug-likeness (QED) is 0.680. The second-order valence-electron chi connectivity index (χ2n) is 8.20. The van der Waals surface area contributed by atoms with Gasteiger partial charge in [-0.05, 0) is 37.0 Å². The molecule has 5 heterocycles. The fourth-order valence-electron chi connectivity index (χ4n) is 4.61. The number of aryl methyl sites for hydroxylation is 1. The molecule has 3 aromatic heterocycles. The predicted octanol–water partition coefficient (Wildman–Crippen LogP) is 2.70. The molecule has 7 nitrogen and oxygen atoms in total. The summed E-state index contributed by atoms with van der Waals surface area (Å²) < 4.78 is 8.12. The molecule has 8 heteroatoms. The number of hydrogen-bond donors (Lipinski definition) is 1. The first-order valence-corrected chi connectivity index (χ1v) is 11.5. The molecule has 30 heavy (non-hydrogen) atoms. The number of hydrogen-bond acceptors (Lipinski definition) is 6. The topological polar surface area (TPSA) is 76.0 Å². The lowest BCUT2D eigenvalue weighted by atomic mass is 9.82. The molecule has 0 aliphatic carbocycles. The number of nitrogens with zero attached hydrogens (tertiary/aromatic N) is 4. The van der Waals surface area contributed by atoms with Crippen LogP contribution < -0.4 is 5.56 Å². The number of aromatic amines is 1. The molecule has 1 N–H and O–H groups in total. The van der Waals surface area contributed by atoms with Crippen LogP contribution >= 0.6 is 11.3 Å². The highest BCUT2D eigenvalue weighted by Crippen LogP contribution is 2.44. The third kappa shape index (κ3) is 3.75. The second-order valence-corrected chi connectivity index (χ2v) is 9.43. The highest BCUT2D eigenvalue weighted by Gasteiger charge is 2.41. The molecule has 158 valence electrons. The van der Waals surface area contributed by atoms with E-state index in [9.17, 15) is 4.79 Å². The van der Waals surface area contributed by atoms with Crippen LogP contribution in [0.15, 0.2) is 35.4 Å². The lowest BCUT2D eigenvalue weighted by Crippen LogP contribution is -2.45. The Hall–Kier alpha value is -2.29. The van der Waals surface area contributed by atoms with Crippen LogP contribution in [0.5, 0.6) is 0 Å². The maximum absolute atomic E-state index is 11.9. The first-order chi connectivity index (χ1) is 14.6. The smallest absolute Gasteiger partial charge is 0.253 e. The number of ether oxygens (including phenoxy) is 1. The Labute approximate surface area is 179 Å². The van der Waals surface area contributed by atoms with Gasteiger partial charge in [-0.25, -0.2) is 4.68 Å². The number of likely N-dealkylation sites (tertiary alicyclic amines) is 1. The zero-order chi connectivity index (χ0) is 20.6. The summed E-state index contributed by atoms with van der Waals surface area (Å²) in [5, 5.41) is 8.53. The van der Waals surface area contributed by atoms with E-state index in [1.54, 1.807) is 10.9 Å². The maximum Gasteiger partial charge on any atom is 0.253 e. The predicted molar refractivity (Wildman–Crippen MR) is 116 cm³/mol. The third-order valence-corrected chi connectivity index (χ3v) is 7.61. The van der Waals surface area contributed by atoms with Crippen molar-refractivity contribution < 1.29 is 4.74 Å². The van der Waals surface area contributed by atoms with Gasteiger partial charge in [-0.3, -0.25) is 9.69 Å². The number of pyridine rings is 1. The molecule has 2 aliphatic rings. The number of aromatic nitrogens is 4. The zero-order valence-electron chi connectivity index (χ0n) is 17.3. The Morgan fingerprint density at radius 3 is 2.97 bits per heavy atom. The number of thiophene rings is 1. The van der Waals surface area contributed by atoms with Crippen LogP contribution in [-0.4, -0.2) is 44.6 Å². The third-order valence-electron chi connectivity index (χ3n) is 6.27. The van der Waals surface area contributed by atoms with Gasteiger partial charge in [0, 0.05) is 47.6 Å². The van der Waals surface area contributed by atoms with Gasteiger partial charge in [0.15, 0.2) is 0 Å². The average Bonchev–Trinajstić information content (AvgIpc) is 3.39. The summed E-state index contributed by atoms with van der Waals surface area (Å²) in [6.45, 7) is 6.25. The van der Waals surface area contributed by atoms with Crippen molar-refractivity contribution in [3.05, 3.63) is 67.5 Å². The minimum absolute atomic E-state index is 0.0811. The Balaban J connectivity index is 1.23. The molecule has 2 aliphatic heterocycles. The molecule has 0 amide bonds. The fraction of sp³-hybridized carbons (Fsp3) is 0.500. The summed E-state index contributed by atoms with van der Waals surface area (Å²) in [5.41, 5.74) is 2.89. The van der Waals surface area contributed by atoms with Crippen LogP contribution in [0.2, 0.25) is 0 Å². The molecule has 0 radical (unpaired) electrons. The standard InChI is InChI=1S/C22H27N5O2S/c1-2-18-12-19-20(30-18)5-11-29-22(19)6-9-26(10-7-22)14-17-15-27(25-24-17)13-16-4-3-8-23-21(16)28/h3-4,8,12,15H,2,5-7,9-11,13-14H2,1H3,(H,23,28). The molecule has 0 bridgehead atoms. The van der Waals surface area contributed by atoms with Gasteiger partial charge in [0.1, 0.15) is 0 Å². The van der Waals surface area contributed by atoms with Gasteiger partial charge in [0.25, 0.3) is 5.56 Å². The SMILES string of the molecule is CCc1cc2c(s1)CCOC21CCN(Cc2cn(Cc3ccc[nH]c3=O)nn2)CC1. The Morgan fingerprint density at radius 1 is 1.30 bits per heavy atom. The molecule has 0 aromatic carbocycles. The van der Waals surface area contributed by atoms with E-state index in [2.05, 4.69) is 33.2 Å². The van der Waals surface area contributed by atoms with Crippen LogP contribution in [0.3, 0.4) is 0 Å². The van der Waals surface area contributed by atoms with Crippen LogP contribution in [0.25, 0.3) is 0 Å². The molecule has 3 aromatic rings. The molecule has 5 rings (SSSR count). The number of nitrogens with one attached hydrogen (secondary N) is 1. The maximum atomic E-state index is 11.9. The number of rotatable bonds is 5. The Morgan fingerprint density at radius 2 is 2.17 bits per heavy atom. The number of fused-ring (bicyclic) bond motifs is 2. The summed E-state index contributed by atoms with van der Waals surface area (Å²) in [6, 6.07) is 6.04. The van der Waals surface area contributed by atoms with Crippen molar-refractivity contribution in [1.29, 1.82) is 0 Å². The van der Waals surface area contributed by atoms with E-state index in [0.29, 0.717) is 12.1 Å². The van der Waals surface area contributed by atoms with E-state index in [1.165, 1.54) is 15.3 Å². The van der Waals surface area contributed by atoms with Gasteiger partial charge in [0.2, 0.25) is 0 Å². The van der Waals surface area contributed by atoms with Crippen LogP contribution in [0.1, 0.15) is 46.3 Å². The largest absolute Gasteiger partial charge is 0.370 e. The van der Waals surface area contributed by atoms with Crippen molar-refractivity contribution >= 4 is 11.3 Å². The molecular weight excluding hydrogens is 398 g/mol. The summed E-state index contributed by atoms with van der Waals surface area (Å²) in [6.07, 6.45) is 7.78. The number of piperidine rings is 1. The van der Waals surface area contributed by atoms with Crippen LogP contribution in [0, 0.1) is 0 Å². The highest BCUT2D eigenvalue weighted by atomic mass is 32.1. The van der Waals surface area contributed by atoms with E-state index in [0.717, 1.165) is 57.6 Å². The normalized spacial score (nSPS) is 18.6. The van der Waals surface area contributed by atoms with Gasteiger partial charge >= 0.3 is 0 Å². The van der Waals surface area contributed by atoms with E-state index in [4.69, 9.17) is 4.74 Å². The first kappa shape index (κ1) is 19.7. The summed E-state index contributed by atoms with van der Waals surface area (Å²) in [7, 11) is 0. The second kappa shape index (κ2) is 8.09. The molecular formula is C22H27N5O2S. The summed E-state index contributed by atoms with van der Waals surface area (Å²) in [5.74, 6) is 0. The van der Waals surface area contributed by atoms with E-state index in [1.807, 2.05) is 29.7 Å². The van der Waals surface area contributed by atoms with E-state index < -0.39 is 0 Å². The van der Waals surface area contributed by atoms with Crippen molar-refractivity contribution in [2.24, 2.45) is 0 Å². The van der Waals surface area contributed by atoms with Crippen LogP contribution in [0.4, 0.5) is 0 Å². The van der Waals surface area contributed by atoms with Crippen molar-refractivity contribution in [2.45, 2.75) is 51.3 Å². The van der Waals surface area contributed by atoms with Gasteiger partial charge < -0.3 is 9.72 Å². The van der Waals surface area contributed by atoms with Crippen molar-refractivity contribution in [1.82, 2.24) is 24.9 Å². The summed E-state index contributed by atoms with van der Waals surface area (Å²) >= 11 is 1.97. The van der Waals surface area contributed by atoms with Crippen molar-refractivity contribution in [3.8, 4) is 0 Å². The Kier molecular flexibility index (Phi) is 5.30. The summed E-state index contributed by atoms with van der Waals surface area (Å²) in [4.78, 5) is 20.0.